The van der Waals surface area contributed by atoms with Crippen LogP contribution in [-0.2, 0) is 10.0 Å². The Morgan fingerprint density at radius 1 is 0.718 bits per heavy atom. The van der Waals surface area contributed by atoms with Crippen LogP contribution in [0.5, 0.6) is 5.75 Å². The molecule has 2 rings (SSSR count). The monoisotopic (exact) mass is 558 g/mol. The zero-order valence-corrected chi connectivity index (χ0v) is 25.0. The first-order chi connectivity index (χ1) is 18.9. The van der Waals surface area contributed by atoms with Gasteiger partial charge in [-0.3, -0.25) is 9.52 Å². The minimum atomic E-state index is -3.55. The number of hydrogen-bond acceptors (Lipinski definition) is 4. The van der Waals surface area contributed by atoms with Crippen molar-refractivity contribution in [3.05, 3.63) is 54.1 Å². The van der Waals surface area contributed by atoms with E-state index in [-0.39, 0.29) is 17.3 Å². The van der Waals surface area contributed by atoms with Gasteiger partial charge in [0.1, 0.15) is 5.75 Å². The van der Waals surface area contributed by atoms with Crippen LogP contribution < -0.4 is 14.8 Å². The van der Waals surface area contributed by atoms with Crippen LogP contribution in [-0.4, -0.2) is 27.2 Å². The maximum absolute atomic E-state index is 12.7. The molecule has 0 aliphatic carbocycles. The van der Waals surface area contributed by atoms with Crippen LogP contribution in [0.25, 0.3) is 0 Å². The number of hydrogen-bond donors (Lipinski definition) is 2. The number of para-hydroxylation sites is 1. The van der Waals surface area contributed by atoms with Crippen molar-refractivity contribution >= 4 is 27.3 Å². The zero-order chi connectivity index (χ0) is 28.2. The highest BCUT2D eigenvalue weighted by atomic mass is 32.2. The van der Waals surface area contributed by atoms with Gasteiger partial charge >= 0.3 is 0 Å². The van der Waals surface area contributed by atoms with Gasteiger partial charge in [-0.05, 0) is 36.8 Å². The number of benzene rings is 2. The zero-order valence-electron chi connectivity index (χ0n) is 24.2. The van der Waals surface area contributed by atoms with Crippen LogP contribution in [0, 0.1) is 0 Å². The molecule has 2 aromatic rings. The number of unbranched alkanes of at least 4 members (excludes halogenated alkanes) is 15. The fourth-order valence-corrected chi connectivity index (χ4v) is 5.89. The summed E-state index contributed by atoms with van der Waals surface area (Å²) in [6.07, 6.45) is 20.0. The van der Waals surface area contributed by atoms with Gasteiger partial charge in [0.05, 0.1) is 18.6 Å². The van der Waals surface area contributed by atoms with E-state index in [1.165, 1.54) is 90.2 Å². The van der Waals surface area contributed by atoms with Gasteiger partial charge in [0.2, 0.25) is 10.0 Å². The summed E-state index contributed by atoms with van der Waals surface area (Å²) in [6, 6.07) is 13.9. The summed E-state index contributed by atoms with van der Waals surface area (Å²) >= 11 is 0. The van der Waals surface area contributed by atoms with Gasteiger partial charge in [-0.2, -0.15) is 0 Å². The molecule has 0 radical (unpaired) electrons. The van der Waals surface area contributed by atoms with Gasteiger partial charge < -0.3 is 10.1 Å². The lowest BCUT2D eigenvalue weighted by Crippen LogP contribution is -2.18. The molecular formula is C32H50N2O4S. The van der Waals surface area contributed by atoms with Crippen LogP contribution >= 0.6 is 0 Å². The second-order valence-corrected chi connectivity index (χ2v) is 12.3. The number of amides is 1. The third-order valence-electron chi connectivity index (χ3n) is 7.03. The maximum atomic E-state index is 12.7. The van der Waals surface area contributed by atoms with Crippen molar-refractivity contribution in [2.45, 2.75) is 110 Å². The first kappa shape index (κ1) is 32.7. The molecule has 1 amide bonds. The highest BCUT2D eigenvalue weighted by Crippen LogP contribution is 2.27. The minimum absolute atomic E-state index is 0.0506. The van der Waals surface area contributed by atoms with E-state index >= 15 is 0 Å². The fourth-order valence-electron chi connectivity index (χ4n) is 4.71. The molecule has 0 fully saturated rings. The summed E-state index contributed by atoms with van der Waals surface area (Å²) < 4.78 is 33.4. The maximum Gasteiger partial charge on any atom is 0.255 e. The second-order valence-electron chi connectivity index (χ2n) is 10.5. The standard InChI is InChI=1S/C32H50N2O4S/c1-3-4-5-6-7-8-9-10-11-12-13-14-15-16-17-21-26-39(36,37)34-30-27-28(24-25-31(30)38-2)32(35)33-29-22-19-18-20-23-29/h18-20,22-25,27,34H,3-17,21,26H2,1-2H3,(H,33,35). The lowest BCUT2D eigenvalue weighted by atomic mass is 10.0. The van der Waals surface area contributed by atoms with Gasteiger partial charge in [-0.25, -0.2) is 8.42 Å². The Hall–Kier alpha value is -2.54. The van der Waals surface area contributed by atoms with Crippen LogP contribution in [0.15, 0.2) is 48.5 Å². The molecule has 0 aliphatic rings. The summed E-state index contributed by atoms with van der Waals surface area (Å²) in [5, 5.41) is 2.81. The van der Waals surface area contributed by atoms with Gasteiger partial charge in [-0.15, -0.1) is 0 Å². The molecule has 7 heteroatoms. The Balaban J connectivity index is 1.61. The summed E-state index contributed by atoms with van der Waals surface area (Å²) in [5.41, 5.74) is 1.29. The van der Waals surface area contributed by atoms with E-state index in [0.717, 1.165) is 19.3 Å². The van der Waals surface area contributed by atoms with Gasteiger partial charge in [0.15, 0.2) is 0 Å². The quantitative estimate of drug-likeness (QED) is 0.141. The summed E-state index contributed by atoms with van der Waals surface area (Å²) in [7, 11) is -2.07. The Kier molecular flexibility index (Phi) is 16.3. The topological polar surface area (TPSA) is 84.5 Å². The lowest BCUT2D eigenvalue weighted by Gasteiger charge is -2.13. The third-order valence-corrected chi connectivity index (χ3v) is 8.38. The number of methoxy groups -OCH3 is 1. The van der Waals surface area contributed by atoms with E-state index in [0.29, 0.717) is 23.4 Å². The van der Waals surface area contributed by atoms with Crippen LogP contribution in [0.4, 0.5) is 11.4 Å². The third kappa shape index (κ3) is 14.4. The van der Waals surface area contributed by atoms with E-state index in [2.05, 4.69) is 17.0 Å². The number of carbonyl (C=O) groups is 1. The van der Waals surface area contributed by atoms with Crippen molar-refractivity contribution in [2.24, 2.45) is 0 Å². The van der Waals surface area contributed by atoms with Crippen LogP contribution in [0.1, 0.15) is 120 Å². The molecule has 0 bridgehead atoms. The van der Waals surface area contributed by atoms with E-state index in [1.807, 2.05) is 18.2 Å². The van der Waals surface area contributed by atoms with Crippen LogP contribution in [0.3, 0.4) is 0 Å². The lowest BCUT2D eigenvalue weighted by molar-refractivity contribution is 0.102. The number of rotatable bonds is 22. The van der Waals surface area contributed by atoms with Gasteiger partial charge in [-0.1, -0.05) is 121 Å². The molecule has 0 aliphatic heterocycles. The Morgan fingerprint density at radius 3 is 1.74 bits per heavy atom. The average Bonchev–Trinajstić information content (AvgIpc) is 2.93. The number of nitrogens with one attached hydrogen (secondary N) is 2. The molecule has 0 aromatic heterocycles. The van der Waals surface area contributed by atoms with Crippen LogP contribution in [0.2, 0.25) is 0 Å². The SMILES string of the molecule is CCCCCCCCCCCCCCCCCCS(=O)(=O)Nc1cc(C(=O)Nc2ccccc2)ccc1OC. The Morgan fingerprint density at radius 2 is 1.23 bits per heavy atom. The molecule has 39 heavy (non-hydrogen) atoms. The predicted octanol–water partition coefficient (Wildman–Crippen LogP) is 8.95. The second kappa shape index (κ2) is 19.5. The molecule has 0 atom stereocenters. The largest absolute Gasteiger partial charge is 0.495 e. The number of anilines is 2. The summed E-state index contributed by atoms with van der Waals surface area (Å²) in [6.45, 7) is 2.26. The normalized spacial score (nSPS) is 11.3. The molecule has 0 saturated heterocycles. The van der Waals surface area contributed by atoms with Crippen molar-refractivity contribution in [3.63, 3.8) is 0 Å². The van der Waals surface area contributed by atoms with Crippen molar-refractivity contribution in [1.82, 2.24) is 0 Å². The molecule has 218 valence electrons. The molecule has 0 saturated carbocycles. The molecule has 6 nitrogen and oxygen atoms in total. The number of carbonyl (C=O) groups excluding carboxylic acids is 1. The average molecular weight is 559 g/mol. The van der Waals surface area contributed by atoms with E-state index in [4.69, 9.17) is 4.74 Å². The molecule has 0 heterocycles. The van der Waals surface area contributed by atoms with Crippen molar-refractivity contribution in [1.29, 1.82) is 0 Å². The van der Waals surface area contributed by atoms with E-state index in [9.17, 15) is 13.2 Å². The number of ether oxygens (including phenoxy) is 1. The first-order valence-corrected chi connectivity index (χ1v) is 16.7. The van der Waals surface area contributed by atoms with E-state index < -0.39 is 10.0 Å². The van der Waals surface area contributed by atoms with E-state index in [1.54, 1.807) is 24.3 Å². The summed E-state index contributed by atoms with van der Waals surface area (Å²) in [5.74, 6) is 0.110. The Bertz CT molecular complexity index is 1040. The first-order valence-electron chi connectivity index (χ1n) is 15.0. The van der Waals surface area contributed by atoms with Gasteiger partial charge in [0.25, 0.3) is 5.91 Å². The Labute approximate surface area is 237 Å². The molecule has 0 unspecified atom stereocenters. The minimum Gasteiger partial charge on any atom is -0.495 e. The molecular weight excluding hydrogens is 508 g/mol. The predicted molar refractivity (Wildman–Crippen MR) is 164 cm³/mol. The summed E-state index contributed by atoms with van der Waals surface area (Å²) in [4.78, 5) is 12.6. The van der Waals surface area contributed by atoms with Crippen molar-refractivity contribution in [2.75, 3.05) is 22.9 Å². The molecule has 0 spiro atoms. The van der Waals surface area contributed by atoms with Gasteiger partial charge in [0, 0.05) is 11.3 Å². The highest BCUT2D eigenvalue weighted by Gasteiger charge is 2.16. The smallest absolute Gasteiger partial charge is 0.255 e. The number of sulfonamides is 1. The fraction of sp³-hybridized carbons (Fsp3) is 0.594. The van der Waals surface area contributed by atoms with Crippen molar-refractivity contribution in [3.8, 4) is 5.75 Å². The van der Waals surface area contributed by atoms with Crippen molar-refractivity contribution < 1.29 is 17.9 Å². The molecule has 2 N–H and O–H groups in total. The molecule has 2 aromatic carbocycles. The highest BCUT2D eigenvalue weighted by molar-refractivity contribution is 7.92.